The third kappa shape index (κ3) is 2.84. The number of anilines is 2. The summed E-state index contributed by atoms with van der Waals surface area (Å²) in [6.07, 6.45) is 0. The van der Waals surface area contributed by atoms with Crippen LogP contribution >= 0.6 is 15.9 Å². The largest absolute Gasteiger partial charge is 0.478 e. The summed E-state index contributed by atoms with van der Waals surface area (Å²) in [6.45, 7) is 4.93. The smallest absolute Gasteiger partial charge is 0.337 e. The highest BCUT2D eigenvalue weighted by Gasteiger charge is 2.24. The van der Waals surface area contributed by atoms with Gasteiger partial charge in [-0.15, -0.1) is 0 Å². The van der Waals surface area contributed by atoms with Crippen LogP contribution in [-0.4, -0.2) is 48.7 Å². The molecule has 0 saturated carbocycles. The number of halogens is 1. The van der Waals surface area contributed by atoms with Crippen molar-refractivity contribution in [1.82, 2.24) is 4.90 Å². The van der Waals surface area contributed by atoms with E-state index in [4.69, 9.17) is 10.8 Å². The van der Waals surface area contributed by atoms with Crippen molar-refractivity contribution >= 4 is 33.3 Å². The number of rotatable bonds is 2. The number of carbonyl (C=O) groups is 1. The molecule has 6 heteroatoms. The molecule has 0 radical (unpaired) electrons. The van der Waals surface area contributed by atoms with Gasteiger partial charge in [0.05, 0.1) is 11.3 Å². The Morgan fingerprint density at radius 3 is 2.74 bits per heavy atom. The molecule has 1 aliphatic rings. The fourth-order valence-electron chi connectivity index (χ4n) is 2.48. The highest BCUT2D eigenvalue weighted by molar-refractivity contribution is 9.10. The quantitative estimate of drug-likeness (QED) is 0.811. The Morgan fingerprint density at radius 2 is 2.16 bits per heavy atom. The van der Waals surface area contributed by atoms with Crippen LogP contribution < -0.4 is 10.6 Å². The van der Waals surface area contributed by atoms with E-state index in [0.29, 0.717) is 6.04 Å². The maximum atomic E-state index is 11.2. The summed E-state index contributed by atoms with van der Waals surface area (Å²) in [6, 6.07) is 3.66. The molecule has 19 heavy (non-hydrogen) atoms. The van der Waals surface area contributed by atoms with E-state index in [2.05, 4.69) is 39.7 Å². The molecular weight excluding hydrogens is 310 g/mol. The van der Waals surface area contributed by atoms with Gasteiger partial charge in [0.15, 0.2) is 0 Å². The van der Waals surface area contributed by atoms with E-state index in [9.17, 15) is 4.79 Å². The molecule has 0 amide bonds. The fourth-order valence-corrected chi connectivity index (χ4v) is 3.07. The van der Waals surface area contributed by atoms with Gasteiger partial charge in [0.1, 0.15) is 0 Å². The van der Waals surface area contributed by atoms with Crippen LogP contribution in [0.5, 0.6) is 0 Å². The van der Waals surface area contributed by atoms with Gasteiger partial charge in [-0.3, -0.25) is 0 Å². The Hall–Kier alpha value is -1.27. The number of carboxylic acid groups (broad SMARTS) is 1. The van der Waals surface area contributed by atoms with Gasteiger partial charge < -0.3 is 20.6 Å². The molecule has 1 aliphatic heterocycles. The fraction of sp³-hybridized carbons (Fsp3) is 0.462. The average Bonchev–Trinajstić information content (AvgIpc) is 2.30. The van der Waals surface area contributed by atoms with Crippen LogP contribution in [0, 0.1) is 0 Å². The van der Waals surface area contributed by atoms with Crippen LogP contribution in [0.1, 0.15) is 17.3 Å². The lowest BCUT2D eigenvalue weighted by Gasteiger charge is -2.40. The standard InChI is InChI=1S/C13H18BrN3O2/c1-8-7-16(2)3-4-17(8)12-5-9(13(18)19)11(15)6-10(12)14/h5-6,8H,3-4,7,15H2,1-2H3,(H,18,19). The summed E-state index contributed by atoms with van der Waals surface area (Å²) in [5.74, 6) is -0.993. The first kappa shape index (κ1) is 14.1. The van der Waals surface area contributed by atoms with Crippen LogP contribution in [0.15, 0.2) is 16.6 Å². The molecule has 1 heterocycles. The number of hydrogen-bond donors (Lipinski definition) is 2. The lowest BCUT2D eigenvalue weighted by molar-refractivity contribution is 0.0698. The molecule has 104 valence electrons. The maximum Gasteiger partial charge on any atom is 0.337 e. The number of nitrogen functional groups attached to an aromatic ring is 1. The molecule has 1 fully saturated rings. The average molecular weight is 328 g/mol. The van der Waals surface area contributed by atoms with Crippen molar-refractivity contribution in [2.24, 2.45) is 0 Å². The Labute approximate surface area is 121 Å². The van der Waals surface area contributed by atoms with Crippen LogP contribution in [0.4, 0.5) is 11.4 Å². The Balaban J connectivity index is 2.39. The van der Waals surface area contributed by atoms with Gasteiger partial charge in [-0.05, 0) is 42.0 Å². The van der Waals surface area contributed by atoms with E-state index in [-0.39, 0.29) is 11.3 Å². The zero-order chi connectivity index (χ0) is 14.2. The van der Waals surface area contributed by atoms with Crippen LogP contribution in [0.2, 0.25) is 0 Å². The summed E-state index contributed by atoms with van der Waals surface area (Å²) in [5.41, 5.74) is 7.07. The van der Waals surface area contributed by atoms with Crippen molar-refractivity contribution in [3.8, 4) is 0 Å². The molecule has 0 spiro atoms. The first-order chi connectivity index (χ1) is 8.90. The van der Waals surface area contributed by atoms with Gasteiger partial charge in [0.2, 0.25) is 0 Å². The molecule has 0 bridgehead atoms. The number of benzene rings is 1. The second-order valence-electron chi connectivity index (χ2n) is 5.00. The van der Waals surface area contributed by atoms with Gasteiger partial charge in [0.25, 0.3) is 0 Å². The van der Waals surface area contributed by atoms with E-state index >= 15 is 0 Å². The zero-order valence-electron chi connectivity index (χ0n) is 11.1. The lowest BCUT2D eigenvalue weighted by Crippen LogP contribution is -2.50. The Kier molecular flexibility index (Phi) is 4.01. The summed E-state index contributed by atoms with van der Waals surface area (Å²) in [4.78, 5) is 15.7. The van der Waals surface area contributed by atoms with Crippen LogP contribution in [0.25, 0.3) is 0 Å². The third-order valence-electron chi connectivity index (χ3n) is 3.49. The van der Waals surface area contributed by atoms with Gasteiger partial charge in [-0.1, -0.05) is 0 Å². The van der Waals surface area contributed by atoms with Crippen molar-refractivity contribution in [3.63, 3.8) is 0 Å². The maximum absolute atomic E-state index is 11.2. The Morgan fingerprint density at radius 1 is 1.47 bits per heavy atom. The van der Waals surface area contributed by atoms with Gasteiger partial charge in [-0.25, -0.2) is 4.79 Å². The first-order valence-corrected chi connectivity index (χ1v) is 6.97. The number of nitrogens with two attached hydrogens (primary N) is 1. The Bertz CT molecular complexity index is 507. The SMILES string of the molecule is CC1CN(C)CCN1c1cc(C(=O)O)c(N)cc1Br. The number of piperazine rings is 1. The second kappa shape index (κ2) is 5.38. The monoisotopic (exact) mass is 327 g/mol. The van der Waals surface area contributed by atoms with E-state index in [1.165, 1.54) is 0 Å². The minimum absolute atomic E-state index is 0.157. The number of carboxylic acids is 1. The molecule has 1 aromatic carbocycles. The van der Waals surface area contributed by atoms with Gasteiger partial charge in [0, 0.05) is 35.8 Å². The normalized spacial score (nSPS) is 20.6. The third-order valence-corrected chi connectivity index (χ3v) is 4.12. The first-order valence-electron chi connectivity index (χ1n) is 6.17. The highest BCUT2D eigenvalue weighted by Crippen LogP contribution is 2.33. The molecule has 1 unspecified atom stereocenters. The van der Waals surface area contributed by atoms with Crippen molar-refractivity contribution in [3.05, 3.63) is 22.2 Å². The zero-order valence-corrected chi connectivity index (χ0v) is 12.6. The summed E-state index contributed by atoms with van der Waals surface area (Å²) in [7, 11) is 2.09. The predicted octanol–water partition coefficient (Wildman–Crippen LogP) is 1.87. The number of hydrogen-bond acceptors (Lipinski definition) is 4. The van der Waals surface area contributed by atoms with Gasteiger partial charge in [-0.2, -0.15) is 0 Å². The molecule has 0 aliphatic carbocycles. The summed E-state index contributed by atoms with van der Waals surface area (Å²) in [5, 5.41) is 9.17. The lowest BCUT2D eigenvalue weighted by atomic mass is 10.1. The molecular formula is C13H18BrN3O2. The van der Waals surface area contributed by atoms with Crippen molar-refractivity contribution in [1.29, 1.82) is 0 Å². The van der Waals surface area contributed by atoms with Crippen LogP contribution in [0.3, 0.4) is 0 Å². The van der Waals surface area contributed by atoms with Gasteiger partial charge >= 0.3 is 5.97 Å². The van der Waals surface area contributed by atoms with E-state index < -0.39 is 5.97 Å². The number of nitrogens with zero attached hydrogens (tertiary/aromatic N) is 2. The molecule has 1 aromatic rings. The summed E-state index contributed by atoms with van der Waals surface area (Å²) >= 11 is 3.48. The minimum atomic E-state index is -0.993. The minimum Gasteiger partial charge on any atom is -0.478 e. The van der Waals surface area contributed by atoms with Crippen molar-refractivity contribution in [2.45, 2.75) is 13.0 Å². The predicted molar refractivity (Wildman–Crippen MR) is 79.8 cm³/mol. The number of aromatic carboxylic acids is 1. The molecule has 2 rings (SSSR count). The topological polar surface area (TPSA) is 69.8 Å². The van der Waals surface area contributed by atoms with E-state index in [0.717, 1.165) is 29.8 Å². The molecule has 3 N–H and O–H groups in total. The second-order valence-corrected chi connectivity index (χ2v) is 5.86. The molecule has 5 nitrogen and oxygen atoms in total. The van der Waals surface area contributed by atoms with Crippen molar-refractivity contribution in [2.75, 3.05) is 37.3 Å². The molecule has 1 saturated heterocycles. The van der Waals surface area contributed by atoms with E-state index in [1.54, 1.807) is 12.1 Å². The molecule has 0 aromatic heterocycles. The van der Waals surface area contributed by atoms with Crippen molar-refractivity contribution < 1.29 is 9.90 Å². The van der Waals surface area contributed by atoms with E-state index in [1.807, 2.05) is 0 Å². The number of likely N-dealkylation sites (N-methyl/N-ethyl adjacent to an activating group) is 1. The molecule has 1 atom stereocenters. The highest BCUT2D eigenvalue weighted by atomic mass is 79.9. The van der Waals surface area contributed by atoms with Crippen LogP contribution in [-0.2, 0) is 0 Å². The summed E-state index contributed by atoms with van der Waals surface area (Å²) < 4.78 is 0.839.